The van der Waals surface area contributed by atoms with Gasteiger partial charge in [0.05, 0.1) is 38.0 Å². The van der Waals surface area contributed by atoms with Crippen LogP contribution in [-0.4, -0.2) is 24.2 Å². The highest BCUT2D eigenvalue weighted by Crippen LogP contribution is 2.24. The number of methoxy groups -OCH3 is 2. The molecule has 1 aromatic carbocycles. The highest BCUT2D eigenvalue weighted by atomic mass is 16.5. The molecule has 2 aromatic rings. The summed E-state index contributed by atoms with van der Waals surface area (Å²) in [6.45, 7) is 0.457. The number of rotatable bonds is 5. The summed E-state index contributed by atoms with van der Waals surface area (Å²) in [5, 5.41) is 12.0. The molecule has 0 spiro atoms. The quantitative estimate of drug-likeness (QED) is 0.894. The van der Waals surface area contributed by atoms with Gasteiger partial charge in [0, 0.05) is 5.69 Å². The van der Waals surface area contributed by atoms with Crippen molar-refractivity contribution < 1.29 is 9.47 Å². The van der Waals surface area contributed by atoms with Crippen LogP contribution in [0.5, 0.6) is 11.8 Å². The van der Waals surface area contributed by atoms with E-state index in [1.54, 1.807) is 26.4 Å². The van der Waals surface area contributed by atoms with Gasteiger partial charge in [0.25, 0.3) is 0 Å². The van der Waals surface area contributed by atoms with Crippen molar-refractivity contribution in [1.29, 1.82) is 5.26 Å². The summed E-state index contributed by atoms with van der Waals surface area (Å²) < 4.78 is 10.4. The van der Waals surface area contributed by atoms with Crippen molar-refractivity contribution in [3.8, 4) is 17.8 Å². The number of benzene rings is 1. The van der Waals surface area contributed by atoms with Gasteiger partial charge >= 0.3 is 0 Å². The van der Waals surface area contributed by atoms with Gasteiger partial charge in [-0.1, -0.05) is 0 Å². The zero-order valence-corrected chi connectivity index (χ0v) is 11.3. The van der Waals surface area contributed by atoms with Crippen LogP contribution < -0.4 is 14.8 Å². The van der Waals surface area contributed by atoms with Crippen LogP contribution in [-0.2, 0) is 6.54 Å². The number of nitriles is 1. The van der Waals surface area contributed by atoms with E-state index < -0.39 is 0 Å². The van der Waals surface area contributed by atoms with Gasteiger partial charge in [-0.2, -0.15) is 5.26 Å². The van der Waals surface area contributed by atoms with Gasteiger partial charge in [-0.25, -0.2) is 9.97 Å². The molecule has 6 heteroatoms. The topological polar surface area (TPSA) is 80.1 Å². The van der Waals surface area contributed by atoms with Gasteiger partial charge in [0.2, 0.25) is 11.8 Å². The van der Waals surface area contributed by atoms with Gasteiger partial charge in [0.15, 0.2) is 0 Å². The van der Waals surface area contributed by atoms with E-state index in [4.69, 9.17) is 14.7 Å². The molecule has 0 aliphatic rings. The Balaban J connectivity index is 2.15. The summed E-state index contributed by atoms with van der Waals surface area (Å²) >= 11 is 0. The van der Waals surface area contributed by atoms with Crippen molar-refractivity contribution in [2.24, 2.45) is 0 Å². The Kier molecular flexibility index (Phi) is 4.35. The van der Waals surface area contributed by atoms with Crippen molar-refractivity contribution in [1.82, 2.24) is 9.97 Å². The van der Waals surface area contributed by atoms with E-state index in [1.165, 1.54) is 6.33 Å². The molecule has 1 aromatic heterocycles. The van der Waals surface area contributed by atoms with Crippen molar-refractivity contribution in [3.63, 3.8) is 0 Å². The van der Waals surface area contributed by atoms with Gasteiger partial charge < -0.3 is 14.8 Å². The zero-order chi connectivity index (χ0) is 14.4. The molecule has 1 heterocycles. The molecule has 0 amide bonds. The van der Waals surface area contributed by atoms with Crippen molar-refractivity contribution in [3.05, 3.63) is 41.7 Å². The van der Waals surface area contributed by atoms with Crippen LogP contribution >= 0.6 is 0 Å². The molecule has 0 aliphatic heterocycles. The number of hydrogen-bond donors (Lipinski definition) is 1. The Morgan fingerprint density at radius 2 is 1.70 bits per heavy atom. The third-order valence-electron chi connectivity index (χ3n) is 2.74. The summed E-state index contributed by atoms with van der Waals surface area (Å²) in [7, 11) is 3.10. The molecule has 0 saturated carbocycles. The first-order valence-electron chi connectivity index (χ1n) is 5.94. The molecule has 6 nitrogen and oxygen atoms in total. The number of anilines is 1. The molecule has 0 radical (unpaired) electrons. The van der Waals surface area contributed by atoms with Crippen LogP contribution in [0.4, 0.5) is 5.69 Å². The van der Waals surface area contributed by atoms with Gasteiger partial charge in [-0.05, 0) is 24.3 Å². The summed E-state index contributed by atoms with van der Waals surface area (Å²) in [4.78, 5) is 8.10. The summed E-state index contributed by atoms with van der Waals surface area (Å²) in [5.74, 6) is 0.941. The Labute approximate surface area is 117 Å². The molecular formula is C14H14N4O2. The van der Waals surface area contributed by atoms with Gasteiger partial charge in [0.1, 0.15) is 6.33 Å². The Hall–Kier alpha value is -2.81. The summed E-state index contributed by atoms with van der Waals surface area (Å²) in [6, 6.07) is 9.24. The van der Waals surface area contributed by atoms with E-state index in [9.17, 15) is 0 Å². The normalized spacial score (nSPS) is 9.65. The van der Waals surface area contributed by atoms with Crippen LogP contribution in [0.3, 0.4) is 0 Å². The molecule has 2 rings (SSSR count). The van der Waals surface area contributed by atoms with Gasteiger partial charge in [-0.15, -0.1) is 0 Å². The first-order chi connectivity index (χ1) is 9.78. The highest BCUT2D eigenvalue weighted by Gasteiger charge is 2.12. The zero-order valence-electron chi connectivity index (χ0n) is 11.3. The second-order valence-electron chi connectivity index (χ2n) is 3.91. The monoisotopic (exact) mass is 270 g/mol. The average Bonchev–Trinajstić information content (AvgIpc) is 2.52. The minimum atomic E-state index is 0.457. The van der Waals surface area contributed by atoms with E-state index >= 15 is 0 Å². The molecule has 0 atom stereocenters. The summed E-state index contributed by atoms with van der Waals surface area (Å²) in [5.41, 5.74) is 2.24. The largest absolute Gasteiger partial charge is 0.481 e. The Bertz CT molecular complexity index is 598. The molecule has 102 valence electrons. The second-order valence-corrected chi connectivity index (χ2v) is 3.91. The average molecular weight is 270 g/mol. The Morgan fingerprint density at radius 1 is 1.10 bits per heavy atom. The SMILES string of the molecule is COc1ncnc(OC)c1CNc1ccc(C#N)cc1. The lowest BCUT2D eigenvalue weighted by Crippen LogP contribution is -2.06. The van der Waals surface area contributed by atoms with Crippen LogP contribution in [0.1, 0.15) is 11.1 Å². The lowest BCUT2D eigenvalue weighted by molar-refractivity contribution is 0.363. The van der Waals surface area contributed by atoms with Crippen molar-refractivity contribution >= 4 is 5.69 Å². The molecule has 0 unspecified atom stereocenters. The first-order valence-corrected chi connectivity index (χ1v) is 5.94. The van der Waals surface area contributed by atoms with Crippen LogP contribution in [0, 0.1) is 11.3 Å². The minimum absolute atomic E-state index is 0.457. The van der Waals surface area contributed by atoms with Crippen LogP contribution in [0.15, 0.2) is 30.6 Å². The number of nitrogens with one attached hydrogen (secondary N) is 1. The van der Waals surface area contributed by atoms with E-state index in [1.807, 2.05) is 12.1 Å². The smallest absolute Gasteiger partial charge is 0.225 e. The van der Waals surface area contributed by atoms with Gasteiger partial charge in [-0.3, -0.25) is 0 Å². The fourth-order valence-corrected chi connectivity index (χ4v) is 1.74. The van der Waals surface area contributed by atoms with Crippen LogP contribution in [0.25, 0.3) is 0 Å². The standard InChI is InChI=1S/C14H14N4O2/c1-19-13-12(14(20-2)18-9-17-13)8-16-11-5-3-10(7-15)4-6-11/h3-6,9,16H,8H2,1-2H3. The van der Waals surface area contributed by atoms with Crippen LogP contribution in [0.2, 0.25) is 0 Å². The Morgan fingerprint density at radius 3 is 2.20 bits per heavy atom. The number of nitrogens with zero attached hydrogens (tertiary/aromatic N) is 3. The molecule has 0 fully saturated rings. The third kappa shape index (κ3) is 2.95. The lowest BCUT2D eigenvalue weighted by Gasteiger charge is -2.12. The van der Waals surface area contributed by atoms with Crippen molar-refractivity contribution in [2.45, 2.75) is 6.54 Å². The second kappa shape index (κ2) is 6.38. The number of hydrogen-bond acceptors (Lipinski definition) is 6. The first kappa shape index (κ1) is 13.6. The lowest BCUT2D eigenvalue weighted by atomic mass is 10.2. The van der Waals surface area contributed by atoms with Crippen molar-refractivity contribution in [2.75, 3.05) is 19.5 Å². The maximum Gasteiger partial charge on any atom is 0.225 e. The maximum atomic E-state index is 8.75. The summed E-state index contributed by atoms with van der Waals surface area (Å²) in [6.07, 6.45) is 1.39. The van der Waals surface area contributed by atoms with E-state index in [0.717, 1.165) is 11.3 Å². The van der Waals surface area contributed by atoms with E-state index in [0.29, 0.717) is 23.9 Å². The predicted octanol–water partition coefficient (Wildman–Crippen LogP) is 1.98. The maximum absolute atomic E-state index is 8.75. The molecule has 0 bridgehead atoms. The molecular weight excluding hydrogens is 256 g/mol. The predicted molar refractivity (Wildman–Crippen MR) is 73.6 cm³/mol. The molecule has 0 aliphatic carbocycles. The van der Waals surface area contributed by atoms with E-state index in [-0.39, 0.29) is 0 Å². The molecule has 1 N–H and O–H groups in total. The molecule has 0 saturated heterocycles. The number of aromatic nitrogens is 2. The fourth-order valence-electron chi connectivity index (χ4n) is 1.74. The third-order valence-corrected chi connectivity index (χ3v) is 2.74. The number of ether oxygens (including phenoxy) is 2. The highest BCUT2D eigenvalue weighted by molar-refractivity contribution is 5.48. The van der Waals surface area contributed by atoms with E-state index in [2.05, 4.69) is 21.4 Å². The fraction of sp³-hybridized carbons (Fsp3) is 0.214. The minimum Gasteiger partial charge on any atom is -0.481 e. The molecule has 20 heavy (non-hydrogen) atoms.